The minimum absolute atomic E-state index is 0.311. The minimum atomic E-state index is -0.875. The maximum Gasteiger partial charge on any atom is 0.159 e. The molecular formula is C16H16F2O. The summed E-state index contributed by atoms with van der Waals surface area (Å²) in [6, 6.07) is 11.6. The highest BCUT2D eigenvalue weighted by Crippen LogP contribution is 2.13. The monoisotopic (exact) mass is 262 g/mol. The van der Waals surface area contributed by atoms with E-state index >= 15 is 0 Å². The van der Waals surface area contributed by atoms with E-state index < -0.39 is 17.7 Å². The second kappa shape index (κ2) is 5.93. The fourth-order valence-electron chi connectivity index (χ4n) is 2.12. The average Bonchev–Trinajstić information content (AvgIpc) is 2.34. The Balaban J connectivity index is 2.01. The molecule has 100 valence electrons. The molecule has 1 unspecified atom stereocenters. The minimum Gasteiger partial charge on any atom is -0.392 e. The molecule has 0 bridgehead atoms. The first-order valence-electron chi connectivity index (χ1n) is 6.22. The SMILES string of the molecule is Cc1cccc(CC(O)Cc2ccc(F)c(F)c2)c1. The molecular weight excluding hydrogens is 246 g/mol. The van der Waals surface area contributed by atoms with Gasteiger partial charge in [-0.25, -0.2) is 8.78 Å². The first-order valence-corrected chi connectivity index (χ1v) is 6.22. The van der Waals surface area contributed by atoms with Crippen LogP contribution in [0.25, 0.3) is 0 Å². The summed E-state index contributed by atoms with van der Waals surface area (Å²) in [7, 11) is 0. The van der Waals surface area contributed by atoms with Crippen LogP contribution in [-0.4, -0.2) is 11.2 Å². The molecule has 2 aromatic rings. The number of aliphatic hydroxyl groups excluding tert-OH is 1. The van der Waals surface area contributed by atoms with Crippen LogP contribution in [0, 0.1) is 18.6 Å². The van der Waals surface area contributed by atoms with Gasteiger partial charge in [-0.15, -0.1) is 0 Å². The van der Waals surface area contributed by atoms with Gasteiger partial charge in [-0.05, 0) is 43.0 Å². The quantitative estimate of drug-likeness (QED) is 0.895. The highest BCUT2D eigenvalue weighted by molar-refractivity contribution is 5.24. The van der Waals surface area contributed by atoms with Crippen LogP contribution in [0.1, 0.15) is 16.7 Å². The van der Waals surface area contributed by atoms with Gasteiger partial charge in [-0.3, -0.25) is 0 Å². The molecule has 0 aromatic heterocycles. The predicted molar refractivity (Wildman–Crippen MR) is 71.0 cm³/mol. The van der Waals surface area contributed by atoms with E-state index in [2.05, 4.69) is 0 Å². The van der Waals surface area contributed by atoms with Gasteiger partial charge in [0.15, 0.2) is 11.6 Å². The van der Waals surface area contributed by atoms with Gasteiger partial charge in [0.05, 0.1) is 6.10 Å². The van der Waals surface area contributed by atoms with Crippen LogP contribution >= 0.6 is 0 Å². The molecule has 0 saturated heterocycles. The summed E-state index contributed by atoms with van der Waals surface area (Å²) >= 11 is 0. The normalized spacial score (nSPS) is 12.4. The number of halogens is 2. The molecule has 0 aliphatic carbocycles. The number of hydrogen-bond acceptors (Lipinski definition) is 1. The van der Waals surface area contributed by atoms with Crippen LogP contribution in [0.15, 0.2) is 42.5 Å². The molecule has 1 atom stereocenters. The number of benzene rings is 2. The van der Waals surface area contributed by atoms with Crippen LogP contribution in [-0.2, 0) is 12.8 Å². The van der Waals surface area contributed by atoms with Gasteiger partial charge >= 0.3 is 0 Å². The first-order chi connectivity index (χ1) is 9.04. The zero-order valence-corrected chi connectivity index (χ0v) is 10.7. The lowest BCUT2D eigenvalue weighted by Crippen LogP contribution is -2.14. The van der Waals surface area contributed by atoms with Crippen molar-refractivity contribution in [3.63, 3.8) is 0 Å². The highest BCUT2D eigenvalue weighted by atomic mass is 19.2. The Morgan fingerprint density at radius 3 is 2.26 bits per heavy atom. The molecule has 2 rings (SSSR count). The van der Waals surface area contributed by atoms with Crippen molar-refractivity contribution >= 4 is 0 Å². The lowest BCUT2D eigenvalue weighted by atomic mass is 10.0. The molecule has 2 aromatic carbocycles. The summed E-state index contributed by atoms with van der Waals surface area (Å²) in [5.41, 5.74) is 2.77. The molecule has 1 N–H and O–H groups in total. The van der Waals surface area contributed by atoms with E-state index in [1.807, 2.05) is 31.2 Å². The van der Waals surface area contributed by atoms with Gasteiger partial charge in [0, 0.05) is 0 Å². The van der Waals surface area contributed by atoms with Crippen LogP contribution in [0.5, 0.6) is 0 Å². The highest BCUT2D eigenvalue weighted by Gasteiger charge is 2.09. The van der Waals surface area contributed by atoms with Crippen molar-refractivity contribution in [3.05, 3.63) is 70.8 Å². The fraction of sp³-hybridized carbons (Fsp3) is 0.250. The Labute approximate surface area is 111 Å². The second-order valence-electron chi connectivity index (χ2n) is 4.80. The van der Waals surface area contributed by atoms with Gasteiger partial charge < -0.3 is 5.11 Å². The maximum absolute atomic E-state index is 13.1. The Bertz CT molecular complexity index is 566. The van der Waals surface area contributed by atoms with Crippen LogP contribution in [0.2, 0.25) is 0 Å². The van der Waals surface area contributed by atoms with Gasteiger partial charge in [0.1, 0.15) is 0 Å². The number of hydrogen-bond donors (Lipinski definition) is 1. The summed E-state index contributed by atoms with van der Waals surface area (Å²) in [6.45, 7) is 1.99. The molecule has 0 radical (unpaired) electrons. The van der Waals surface area contributed by atoms with E-state index in [4.69, 9.17) is 0 Å². The largest absolute Gasteiger partial charge is 0.392 e. The van der Waals surface area contributed by atoms with Crippen molar-refractivity contribution in [3.8, 4) is 0 Å². The number of aryl methyl sites for hydroxylation is 1. The lowest BCUT2D eigenvalue weighted by molar-refractivity contribution is 0.175. The van der Waals surface area contributed by atoms with Crippen molar-refractivity contribution in [1.29, 1.82) is 0 Å². The van der Waals surface area contributed by atoms with E-state index in [-0.39, 0.29) is 0 Å². The van der Waals surface area contributed by atoms with Crippen molar-refractivity contribution < 1.29 is 13.9 Å². The third kappa shape index (κ3) is 3.86. The van der Waals surface area contributed by atoms with Crippen molar-refractivity contribution in [2.45, 2.75) is 25.9 Å². The maximum atomic E-state index is 13.1. The summed E-state index contributed by atoms with van der Waals surface area (Å²) in [4.78, 5) is 0. The molecule has 0 saturated carbocycles. The lowest BCUT2D eigenvalue weighted by Gasteiger charge is -2.11. The van der Waals surface area contributed by atoms with Crippen molar-refractivity contribution in [2.24, 2.45) is 0 Å². The van der Waals surface area contributed by atoms with E-state index in [0.717, 1.165) is 23.3 Å². The molecule has 1 nitrogen and oxygen atoms in total. The molecule has 0 aliphatic rings. The third-order valence-corrected chi connectivity index (χ3v) is 3.01. The molecule has 3 heteroatoms. The zero-order valence-electron chi connectivity index (χ0n) is 10.7. The fourth-order valence-corrected chi connectivity index (χ4v) is 2.12. The Morgan fingerprint density at radius 2 is 1.63 bits per heavy atom. The van der Waals surface area contributed by atoms with Crippen molar-refractivity contribution in [1.82, 2.24) is 0 Å². The molecule has 0 heterocycles. The Morgan fingerprint density at radius 1 is 0.947 bits per heavy atom. The van der Waals surface area contributed by atoms with E-state index in [1.165, 1.54) is 6.07 Å². The smallest absolute Gasteiger partial charge is 0.159 e. The summed E-state index contributed by atoms with van der Waals surface area (Å²) in [5.74, 6) is -1.74. The van der Waals surface area contributed by atoms with E-state index in [0.29, 0.717) is 18.4 Å². The number of aliphatic hydroxyl groups is 1. The summed E-state index contributed by atoms with van der Waals surface area (Å²) in [5, 5.41) is 9.99. The predicted octanol–water partition coefficient (Wildman–Crippen LogP) is 3.42. The second-order valence-corrected chi connectivity index (χ2v) is 4.80. The van der Waals surface area contributed by atoms with Crippen LogP contribution < -0.4 is 0 Å². The Kier molecular flexibility index (Phi) is 4.27. The van der Waals surface area contributed by atoms with Gasteiger partial charge in [0.2, 0.25) is 0 Å². The molecule has 0 fully saturated rings. The van der Waals surface area contributed by atoms with Gasteiger partial charge in [-0.1, -0.05) is 35.9 Å². The standard InChI is InChI=1S/C16H16F2O/c1-11-3-2-4-12(7-11)8-14(19)9-13-5-6-15(17)16(18)10-13/h2-7,10,14,19H,8-9H2,1H3. The third-order valence-electron chi connectivity index (χ3n) is 3.01. The summed E-state index contributed by atoms with van der Waals surface area (Å²) < 4.78 is 25.8. The Hall–Kier alpha value is -1.74. The van der Waals surface area contributed by atoms with Crippen LogP contribution in [0.4, 0.5) is 8.78 Å². The average molecular weight is 262 g/mol. The summed E-state index contributed by atoms with van der Waals surface area (Å²) in [6.07, 6.45) is 0.206. The molecule has 0 spiro atoms. The zero-order chi connectivity index (χ0) is 13.8. The molecule has 0 amide bonds. The van der Waals surface area contributed by atoms with Gasteiger partial charge in [-0.2, -0.15) is 0 Å². The topological polar surface area (TPSA) is 20.2 Å². The van der Waals surface area contributed by atoms with Crippen molar-refractivity contribution in [2.75, 3.05) is 0 Å². The molecule has 19 heavy (non-hydrogen) atoms. The van der Waals surface area contributed by atoms with E-state index in [1.54, 1.807) is 0 Å². The van der Waals surface area contributed by atoms with Gasteiger partial charge in [0.25, 0.3) is 0 Å². The van der Waals surface area contributed by atoms with E-state index in [9.17, 15) is 13.9 Å². The number of rotatable bonds is 4. The first kappa shape index (κ1) is 13.7. The molecule has 0 aliphatic heterocycles. The van der Waals surface area contributed by atoms with Crippen LogP contribution in [0.3, 0.4) is 0 Å².